The highest BCUT2D eigenvalue weighted by Crippen LogP contribution is 2.24. The summed E-state index contributed by atoms with van der Waals surface area (Å²) in [6.45, 7) is 0. The lowest BCUT2D eigenvalue weighted by molar-refractivity contribution is 0.590. The molecule has 0 spiro atoms. The molecule has 3 aromatic rings. The first kappa shape index (κ1) is 16.4. The van der Waals surface area contributed by atoms with Crippen LogP contribution in [-0.4, -0.2) is 21.8 Å². The fourth-order valence-electron chi connectivity index (χ4n) is 2.16. The molecule has 3 rings (SSSR count). The molecule has 24 heavy (non-hydrogen) atoms. The van der Waals surface area contributed by atoms with Crippen molar-refractivity contribution < 1.29 is 16.8 Å². The number of pyridine rings is 1. The Hall–Kier alpha value is -2.51. The van der Waals surface area contributed by atoms with Crippen molar-refractivity contribution in [3.05, 3.63) is 79.0 Å². The molecule has 0 atom stereocenters. The molecule has 0 saturated heterocycles. The van der Waals surface area contributed by atoms with E-state index < -0.39 is 19.7 Å². The molecule has 0 unspecified atom stereocenters. The van der Waals surface area contributed by atoms with E-state index in [4.69, 9.17) is 0 Å². The first-order chi connectivity index (χ1) is 11.4. The highest BCUT2D eigenvalue weighted by molar-refractivity contribution is 7.92. The minimum absolute atomic E-state index is 0.0618. The van der Waals surface area contributed by atoms with Crippen molar-refractivity contribution in [1.82, 2.24) is 4.98 Å². The van der Waals surface area contributed by atoms with E-state index in [1.54, 1.807) is 36.4 Å². The van der Waals surface area contributed by atoms with Gasteiger partial charge < -0.3 is 0 Å². The number of nitrogens with zero attached hydrogens (tertiary/aromatic N) is 1. The Morgan fingerprint density at radius 3 is 1.62 bits per heavy atom. The molecule has 0 N–H and O–H groups in total. The van der Waals surface area contributed by atoms with Crippen LogP contribution in [-0.2, 0) is 19.7 Å². The molecular formula is C17H13NO4S2. The largest absolute Gasteiger partial charge is 0.244 e. The zero-order chi connectivity index (χ0) is 17.2. The zero-order valence-corrected chi connectivity index (χ0v) is 14.0. The van der Waals surface area contributed by atoms with Crippen LogP contribution in [0.1, 0.15) is 0 Å². The smallest absolute Gasteiger partial charge is 0.223 e. The fraction of sp³-hybridized carbons (Fsp3) is 0. The number of hydrogen-bond donors (Lipinski definition) is 0. The Balaban J connectivity index is 2.11. The predicted molar refractivity (Wildman–Crippen MR) is 88.0 cm³/mol. The van der Waals surface area contributed by atoms with Crippen molar-refractivity contribution in [3.8, 4) is 0 Å². The second kappa shape index (κ2) is 6.18. The number of benzene rings is 2. The molecule has 1 aromatic heterocycles. The number of sulfone groups is 2. The molecule has 0 fully saturated rings. The Morgan fingerprint density at radius 2 is 1.08 bits per heavy atom. The van der Waals surface area contributed by atoms with Gasteiger partial charge in [-0.05, 0) is 36.4 Å². The molecule has 7 heteroatoms. The van der Waals surface area contributed by atoms with Crippen LogP contribution in [0.25, 0.3) is 0 Å². The van der Waals surface area contributed by atoms with E-state index >= 15 is 0 Å². The molecule has 1 heterocycles. The Morgan fingerprint density at radius 1 is 0.583 bits per heavy atom. The van der Waals surface area contributed by atoms with Crippen molar-refractivity contribution in [1.29, 1.82) is 0 Å². The van der Waals surface area contributed by atoms with Gasteiger partial charge in [0.05, 0.1) is 14.7 Å². The molecule has 0 amide bonds. The summed E-state index contributed by atoms with van der Waals surface area (Å²) >= 11 is 0. The Kier molecular flexibility index (Phi) is 4.21. The number of aromatic nitrogens is 1. The maximum absolute atomic E-state index is 12.6. The van der Waals surface area contributed by atoms with Gasteiger partial charge in [-0.1, -0.05) is 36.4 Å². The van der Waals surface area contributed by atoms with Crippen LogP contribution < -0.4 is 0 Å². The lowest BCUT2D eigenvalue weighted by Crippen LogP contribution is -2.08. The van der Waals surface area contributed by atoms with Crippen molar-refractivity contribution in [2.75, 3.05) is 0 Å². The van der Waals surface area contributed by atoms with Gasteiger partial charge in [0.1, 0.15) is 0 Å². The van der Waals surface area contributed by atoms with E-state index in [1.807, 2.05) is 0 Å². The van der Waals surface area contributed by atoms with Crippen molar-refractivity contribution in [2.24, 2.45) is 0 Å². The van der Waals surface area contributed by atoms with Gasteiger partial charge >= 0.3 is 0 Å². The van der Waals surface area contributed by atoms with Gasteiger partial charge in [0.2, 0.25) is 19.7 Å². The van der Waals surface area contributed by atoms with Gasteiger partial charge in [0.25, 0.3) is 0 Å². The lowest BCUT2D eigenvalue weighted by Gasteiger charge is -2.07. The molecule has 0 aliphatic rings. The van der Waals surface area contributed by atoms with E-state index in [2.05, 4.69) is 4.98 Å². The van der Waals surface area contributed by atoms with Crippen molar-refractivity contribution in [2.45, 2.75) is 19.7 Å². The molecule has 0 bridgehead atoms. The highest BCUT2D eigenvalue weighted by Gasteiger charge is 2.23. The standard InChI is InChI=1S/C17H13NO4S2/c19-23(20,14-7-3-1-4-8-14)16-11-12-18-17(13-16)24(21,22)15-9-5-2-6-10-15/h1-13H. The summed E-state index contributed by atoms with van der Waals surface area (Å²) in [5.41, 5.74) is 0. The highest BCUT2D eigenvalue weighted by atomic mass is 32.2. The van der Waals surface area contributed by atoms with Crippen LogP contribution >= 0.6 is 0 Å². The maximum Gasteiger partial charge on any atom is 0.223 e. The lowest BCUT2D eigenvalue weighted by atomic mass is 10.4. The molecule has 122 valence electrons. The van der Waals surface area contributed by atoms with E-state index in [-0.39, 0.29) is 19.7 Å². The average molecular weight is 359 g/mol. The van der Waals surface area contributed by atoms with E-state index in [0.717, 1.165) is 6.07 Å². The molecule has 0 saturated carbocycles. The van der Waals surface area contributed by atoms with Gasteiger partial charge in [0, 0.05) is 6.20 Å². The minimum atomic E-state index is -3.88. The second-order valence-electron chi connectivity index (χ2n) is 4.96. The maximum atomic E-state index is 12.6. The van der Waals surface area contributed by atoms with E-state index in [1.165, 1.54) is 36.5 Å². The quantitative estimate of drug-likeness (QED) is 0.715. The second-order valence-corrected chi connectivity index (χ2v) is 8.81. The summed E-state index contributed by atoms with van der Waals surface area (Å²) < 4.78 is 50.4. The van der Waals surface area contributed by atoms with Gasteiger partial charge in [-0.25, -0.2) is 21.8 Å². The van der Waals surface area contributed by atoms with Crippen LogP contribution in [0.3, 0.4) is 0 Å². The summed E-state index contributed by atoms with van der Waals surface area (Å²) in [5.74, 6) is 0. The third-order valence-electron chi connectivity index (χ3n) is 3.40. The van der Waals surface area contributed by atoms with Crippen molar-refractivity contribution >= 4 is 19.7 Å². The number of hydrogen-bond acceptors (Lipinski definition) is 5. The monoisotopic (exact) mass is 359 g/mol. The summed E-state index contributed by atoms with van der Waals surface area (Å²) in [7, 11) is -7.69. The van der Waals surface area contributed by atoms with E-state index in [0.29, 0.717) is 0 Å². The van der Waals surface area contributed by atoms with Crippen LogP contribution in [0.2, 0.25) is 0 Å². The normalized spacial score (nSPS) is 12.0. The molecule has 0 aliphatic carbocycles. The Labute approximate surface area is 140 Å². The predicted octanol–water partition coefficient (Wildman–Crippen LogP) is 2.75. The topological polar surface area (TPSA) is 81.2 Å². The van der Waals surface area contributed by atoms with Crippen LogP contribution in [0.15, 0.2) is 98.7 Å². The van der Waals surface area contributed by atoms with Crippen LogP contribution in [0, 0.1) is 0 Å². The molecule has 0 aliphatic heterocycles. The van der Waals surface area contributed by atoms with Gasteiger partial charge in [0.15, 0.2) is 5.03 Å². The van der Waals surface area contributed by atoms with Crippen molar-refractivity contribution in [3.63, 3.8) is 0 Å². The summed E-state index contributed by atoms with van der Waals surface area (Å²) in [6, 6.07) is 18.0. The third kappa shape index (κ3) is 2.95. The van der Waals surface area contributed by atoms with Crippen LogP contribution in [0.4, 0.5) is 0 Å². The molecule has 2 aromatic carbocycles. The summed E-state index contributed by atoms with van der Waals surface area (Å²) in [5, 5.41) is -0.300. The zero-order valence-electron chi connectivity index (χ0n) is 12.4. The van der Waals surface area contributed by atoms with Crippen LogP contribution in [0.5, 0.6) is 0 Å². The Bertz CT molecular complexity index is 977. The van der Waals surface area contributed by atoms with Gasteiger partial charge in [-0.3, -0.25) is 0 Å². The average Bonchev–Trinajstić information content (AvgIpc) is 2.63. The van der Waals surface area contributed by atoms with E-state index in [9.17, 15) is 16.8 Å². The molecular weight excluding hydrogens is 346 g/mol. The van der Waals surface area contributed by atoms with Gasteiger partial charge in [-0.15, -0.1) is 0 Å². The number of rotatable bonds is 4. The SMILES string of the molecule is O=S(=O)(c1ccccc1)c1ccnc(S(=O)(=O)c2ccccc2)c1. The first-order valence-electron chi connectivity index (χ1n) is 6.99. The third-order valence-corrected chi connectivity index (χ3v) is 6.83. The molecule has 5 nitrogen and oxygen atoms in total. The molecule has 0 radical (unpaired) electrons. The van der Waals surface area contributed by atoms with Gasteiger partial charge in [-0.2, -0.15) is 0 Å². The summed E-state index contributed by atoms with van der Waals surface area (Å²) in [4.78, 5) is 3.89. The minimum Gasteiger partial charge on any atom is -0.244 e. The summed E-state index contributed by atoms with van der Waals surface area (Å²) in [6.07, 6.45) is 1.19. The fourth-order valence-corrected chi connectivity index (χ4v) is 4.77. The first-order valence-corrected chi connectivity index (χ1v) is 9.95.